The predicted octanol–water partition coefficient (Wildman–Crippen LogP) is 5.05. The first-order valence-corrected chi connectivity index (χ1v) is 11.1. The van der Waals surface area contributed by atoms with Crippen LogP contribution in [0.5, 0.6) is 0 Å². The Hall–Kier alpha value is -3.71. The highest BCUT2D eigenvalue weighted by molar-refractivity contribution is 7.12. The quantitative estimate of drug-likeness (QED) is 0.519. The van der Waals surface area contributed by atoms with Gasteiger partial charge in [0.1, 0.15) is 0 Å². The highest BCUT2D eigenvalue weighted by Gasteiger charge is 2.44. The summed E-state index contributed by atoms with van der Waals surface area (Å²) in [6.07, 6.45) is 0.856. The number of ketones is 1. The molecule has 1 unspecified atom stereocenters. The van der Waals surface area contributed by atoms with Gasteiger partial charge in [0.15, 0.2) is 5.76 Å². The van der Waals surface area contributed by atoms with Gasteiger partial charge in [0.2, 0.25) is 11.7 Å². The van der Waals surface area contributed by atoms with Gasteiger partial charge in [0.25, 0.3) is 5.91 Å². The second-order valence-electron chi connectivity index (χ2n) is 7.47. The van der Waals surface area contributed by atoms with Crippen molar-refractivity contribution in [3.63, 3.8) is 0 Å². The van der Waals surface area contributed by atoms with Gasteiger partial charge >= 0.3 is 0 Å². The number of amides is 2. The van der Waals surface area contributed by atoms with E-state index in [4.69, 9.17) is 0 Å². The summed E-state index contributed by atoms with van der Waals surface area (Å²) in [5.41, 5.74) is 2.86. The molecule has 0 radical (unpaired) electrons. The summed E-state index contributed by atoms with van der Waals surface area (Å²) < 4.78 is 0. The summed E-state index contributed by atoms with van der Waals surface area (Å²) in [7, 11) is 0. The van der Waals surface area contributed by atoms with Gasteiger partial charge in [-0.05, 0) is 47.2 Å². The molecule has 1 aromatic heterocycles. The lowest BCUT2D eigenvalue weighted by Crippen LogP contribution is -2.31. The fraction of sp³-hybridized carbons (Fsp3) is 0.160. The van der Waals surface area contributed by atoms with E-state index in [1.165, 1.54) is 23.2 Å². The fourth-order valence-corrected chi connectivity index (χ4v) is 4.51. The number of carbonyl (C=O) groups is 3. The van der Waals surface area contributed by atoms with Crippen LogP contribution in [-0.2, 0) is 16.0 Å². The molecule has 2 aromatic carbocycles. The Morgan fingerprint density at radius 3 is 2.47 bits per heavy atom. The first-order chi connectivity index (χ1) is 15.4. The Morgan fingerprint density at radius 1 is 1.09 bits per heavy atom. The van der Waals surface area contributed by atoms with Gasteiger partial charge in [-0.2, -0.15) is 0 Å². The van der Waals surface area contributed by atoms with Crippen molar-refractivity contribution in [3.8, 4) is 0 Å². The number of rotatable bonds is 6. The van der Waals surface area contributed by atoms with Crippen LogP contribution in [-0.4, -0.2) is 22.7 Å². The van der Waals surface area contributed by atoms with Crippen molar-refractivity contribution in [2.45, 2.75) is 26.3 Å². The molecule has 32 heavy (non-hydrogen) atoms. The van der Waals surface area contributed by atoms with Crippen LogP contribution >= 0.6 is 11.3 Å². The molecule has 1 atom stereocenters. The standard InChI is InChI=1S/C25H22N2O4S/c1-3-16-9-11-17(12-10-16)22-21(23(29)20-8-5-13-32-20)24(30)25(31)27(22)19-7-4-6-18(14-19)26-15(2)28/h4-14,22,30H,3H2,1-2H3,(H,26,28). The van der Waals surface area contributed by atoms with E-state index < -0.39 is 17.7 Å². The number of aliphatic hydroxyl groups is 1. The van der Waals surface area contributed by atoms with E-state index in [9.17, 15) is 19.5 Å². The third-order valence-electron chi connectivity index (χ3n) is 5.35. The molecular formula is C25H22N2O4S. The maximum absolute atomic E-state index is 13.3. The fourth-order valence-electron chi connectivity index (χ4n) is 3.83. The van der Waals surface area contributed by atoms with Crippen LogP contribution in [0.15, 0.2) is 77.4 Å². The molecule has 2 N–H and O–H groups in total. The summed E-state index contributed by atoms with van der Waals surface area (Å²) in [4.78, 5) is 39.9. The van der Waals surface area contributed by atoms with Crippen molar-refractivity contribution in [2.24, 2.45) is 0 Å². The minimum atomic E-state index is -0.796. The molecule has 2 heterocycles. The summed E-state index contributed by atoms with van der Waals surface area (Å²) >= 11 is 1.26. The highest BCUT2D eigenvalue weighted by atomic mass is 32.1. The SMILES string of the molecule is CCc1ccc(C2C(C(=O)c3cccs3)=C(O)C(=O)N2c2cccc(NC(C)=O)c2)cc1. The Bertz CT molecular complexity index is 1210. The summed E-state index contributed by atoms with van der Waals surface area (Å²) in [6.45, 7) is 3.45. The average Bonchev–Trinajstić information content (AvgIpc) is 3.41. The molecule has 2 amide bonds. The van der Waals surface area contributed by atoms with Gasteiger partial charge in [-0.1, -0.05) is 43.3 Å². The van der Waals surface area contributed by atoms with Crippen LogP contribution in [0.3, 0.4) is 0 Å². The molecule has 4 rings (SSSR count). The lowest BCUT2D eigenvalue weighted by molar-refractivity contribution is -0.117. The number of nitrogens with one attached hydrogen (secondary N) is 1. The number of Topliss-reactive ketones (excluding diaryl/α,β-unsaturated/α-hetero) is 1. The summed E-state index contributed by atoms with van der Waals surface area (Å²) in [5.74, 6) is -1.83. The monoisotopic (exact) mass is 446 g/mol. The molecule has 3 aromatic rings. The minimum absolute atomic E-state index is 0.0478. The maximum Gasteiger partial charge on any atom is 0.294 e. The largest absolute Gasteiger partial charge is 0.503 e. The second kappa shape index (κ2) is 8.80. The molecule has 0 fully saturated rings. The number of carbonyl (C=O) groups excluding carboxylic acids is 3. The zero-order valence-electron chi connectivity index (χ0n) is 17.7. The molecule has 162 valence electrons. The van der Waals surface area contributed by atoms with Crippen molar-refractivity contribution in [3.05, 3.63) is 93.4 Å². The van der Waals surface area contributed by atoms with E-state index >= 15 is 0 Å². The number of anilines is 2. The van der Waals surface area contributed by atoms with Crippen molar-refractivity contribution in [1.82, 2.24) is 0 Å². The minimum Gasteiger partial charge on any atom is -0.503 e. The van der Waals surface area contributed by atoms with Gasteiger partial charge in [0, 0.05) is 18.3 Å². The van der Waals surface area contributed by atoms with E-state index in [0.717, 1.165) is 12.0 Å². The average molecular weight is 447 g/mol. The summed E-state index contributed by atoms with van der Waals surface area (Å²) in [5, 5.41) is 15.3. The Morgan fingerprint density at radius 2 is 1.84 bits per heavy atom. The zero-order valence-corrected chi connectivity index (χ0v) is 18.5. The third kappa shape index (κ3) is 3.94. The molecule has 1 aliphatic rings. The Labute approximate surface area is 189 Å². The number of nitrogens with zero attached hydrogens (tertiary/aromatic N) is 1. The van der Waals surface area contributed by atoms with Crippen LogP contribution in [0.2, 0.25) is 0 Å². The molecule has 0 spiro atoms. The van der Waals surface area contributed by atoms with Crippen LogP contribution in [0, 0.1) is 0 Å². The maximum atomic E-state index is 13.3. The Kier molecular flexibility index (Phi) is 5.92. The Balaban J connectivity index is 1.84. The van der Waals surface area contributed by atoms with Gasteiger partial charge in [-0.25, -0.2) is 0 Å². The molecule has 0 aliphatic carbocycles. The molecular weight excluding hydrogens is 424 g/mol. The number of hydrogen-bond acceptors (Lipinski definition) is 5. The topological polar surface area (TPSA) is 86.7 Å². The van der Waals surface area contributed by atoms with Gasteiger partial charge < -0.3 is 10.4 Å². The van der Waals surface area contributed by atoms with Crippen LogP contribution in [0.25, 0.3) is 0 Å². The molecule has 0 saturated heterocycles. The van der Waals surface area contributed by atoms with Crippen molar-refractivity contribution in [2.75, 3.05) is 10.2 Å². The van der Waals surface area contributed by atoms with Crippen molar-refractivity contribution >= 4 is 40.3 Å². The molecule has 6 nitrogen and oxygen atoms in total. The number of hydrogen-bond donors (Lipinski definition) is 2. The van der Waals surface area contributed by atoms with E-state index in [2.05, 4.69) is 5.32 Å². The van der Waals surface area contributed by atoms with Crippen LogP contribution < -0.4 is 10.2 Å². The second-order valence-corrected chi connectivity index (χ2v) is 8.42. The normalized spacial score (nSPS) is 15.9. The number of aliphatic hydroxyl groups excluding tert-OH is 1. The van der Waals surface area contributed by atoms with E-state index in [-0.39, 0.29) is 17.3 Å². The zero-order chi connectivity index (χ0) is 22.8. The van der Waals surface area contributed by atoms with Crippen LogP contribution in [0.4, 0.5) is 11.4 Å². The molecule has 0 saturated carbocycles. The van der Waals surface area contributed by atoms with E-state index in [0.29, 0.717) is 21.8 Å². The van der Waals surface area contributed by atoms with Crippen molar-refractivity contribution in [1.29, 1.82) is 0 Å². The van der Waals surface area contributed by atoms with Gasteiger partial charge in [-0.15, -0.1) is 11.3 Å². The van der Waals surface area contributed by atoms with Gasteiger partial charge in [0.05, 0.1) is 16.5 Å². The lowest BCUT2D eigenvalue weighted by Gasteiger charge is -2.27. The first kappa shape index (κ1) is 21.5. The molecule has 1 aliphatic heterocycles. The number of thiophene rings is 1. The van der Waals surface area contributed by atoms with E-state index in [1.54, 1.807) is 41.8 Å². The van der Waals surface area contributed by atoms with E-state index in [1.807, 2.05) is 31.2 Å². The third-order valence-corrected chi connectivity index (χ3v) is 6.21. The number of benzene rings is 2. The molecule has 7 heteroatoms. The highest BCUT2D eigenvalue weighted by Crippen LogP contribution is 2.42. The smallest absolute Gasteiger partial charge is 0.294 e. The van der Waals surface area contributed by atoms with Crippen molar-refractivity contribution < 1.29 is 19.5 Å². The predicted molar refractivity (Wildman–Crippen MR) is 125 cm³/mol. The lowest BCUT2D eigenvalue weighted by atomic mass is 9.94. The summed E-state index contributed by atoms with van der Waals surface area (Å²) in [6, 6.07) is 17.1. The van der Waals surface area contributed by atoms with Crippen LogP contribution in [0.1, 0.15) is 40.7 Å². The molecule has 0 bridgehead atoms. The first-order valence-electron chi connectivity index (χ1n) is 10.2. The van der Waals surface area contributed by atoms with Gasteiger partial charge in [-0.3, -0.25) is 19.3 Å². The number of aryl methyl sites for hydroxylation is 1.